The first-order valence-electron chi connectivity index (χ1n) is 11.5. The maximum Gasteiger partial charge on any atom is 0.253 e. The standard InChI is InChI=1S/C22H35N5O7/c1-10(2)16(26-20(31)13-7-6-8-24-13)22(33)27(17-14(28)9-15(34-5)18(17)29)21(32)12(4)25-19(30)11(3)23/h10-13,15-17,24H,6-9,23H2,1-5H3,(H,25,30)(H,26,31)/t11-,12-,13-,15?,16-,17?/m0/s1. The Morgan fingerprint density at radius 2 is 1.74 bits per heavy atom. The zero-order valence-electron chi connectivity index (χ0n) is 20.3. The van der Waals surface area contributed by atoms with Crippen molar-refractivity contribution in [1.29, 1.82) is 0 Å². The summed E-state index contributed by atoms with van der Waals surface area (Å²) in [4.78, 5) is 77.9. The number of hydrogen-bond acceptors (Lipinski definition) is 9. The third kappa shape index (κ3) is 6.05. The highest BCUT2D eigenvalue weighted by atomic mass is 16.5. The molecule has 34 heavy (non-hydrogen) atoms. The predicted molar refractivity (Wildman–Crippen MR) is 120 cm³/mol. The number of methoxy groups -OCH3 is 1. The Labute approximate surface area is 198 Å². The molecule has 0 radical (unpaired) electrons. The van der Waals surface area contributed by atoms with Crippen LogP contribution in [-0.4, -0.2) is 90.1 Å². The Kier molecular flexibility index (Phi) is 9.42. The summed E-state index contributed by atoms with van der Waals surface area (Å²) in [6.07, 6.45) is 0.0264. The summed E-state index contributed by atoms with van der Waals surface area (Å²) in [5, 5.41) is 8.09. The molecule has 12 nitrogen and oxygen atoms in total. The number of imide groups is 1. The molecule has 5 N–H and O–H groups in total. The maximum atomic E-state index is 13.7. The van der Waals surface area contributed by atoms with Gasteiger partial charge in [0.25, 0.3) is 11.8 Å². The molecule has 0 aromatic heterocycles. The summed E-state index contributed by atoms with van der Waals surface area (Å²) in [7, 11) is 1.25. The highest BCUT2D eigenvalue weighted by Crippen LogP contribution is 2.23. The molecule has 0 spiro atoms. The maximum absolute atomic E-state index is 13.7. The van der Waals surface area contributed by atoms with Crippen LogP contribution in [0, 0.1) is 5.92 Å². The van der Waals surface area contributed by atoms with E-state index in [4.69, 9.17) is 10.5 Å². The van der Waals surface area contributed by atoms with Gasteiger partial charge in [-0.1, -0.05) is 13.8 Å². The number of nitrogens with zero attached hydrogens (tertiary/aromatic N) is 1. The fourth-order valence-electron chi connectivity index (χ4n) is 4.00. The Bertz CT molecular complexity index is 838. The third-order valence-corrected chi connectivity index (χ3v) is 6.05. The van der Waals surface area contributed by atoms with Gasteiger partial charge in [0.2, 0.25) is 11.8 Å². The van der Waals surface area contributed by atoms with Gasteiger partial charge in [-0.15, -0.1) is 0 Å². The summed E-state index contributed by atoms with van der Waals surface area (Å²) in [5.74, 6) is -4.77. The highest BCUT2D eigenvalue weighted by molar-refractivity contribution is 6.20. The molecule has 2 fully saturated rings. The van der Waals surface area contributed by atoms with Gasteiger partial charge >= 0.3 is 0 Å². The molecule has 1 aliphatic carbocycles. The van der Waals surface area contributed by atoms with Crippen LogP contribution in [0.25, 0.3) is 0 Å². The summed E-state index contributed by atoms with van der Waals surface area (Å²) >= 11 is 0. The Hall–Kier alpha value is -2.70. The molecule has 0 bridgehead atoms. The van der Waals surface area contributed by atoms with E-state index in [1.54, 1.807) is 13.8 Å². The molecule has 4 amide bonds. The summed E-state index contributed by atoms with van der Waals surface area (Å²) in [6.45, 7) is 6.76. The molecule has 1 heterocycles. The van der Waals surface area contributed by atoms with Gasteiger partial charge in [0, 0.05) is 13.5 Å². The normalized spacial score (nSPS) is 25.1. The van der Waals surface area contributed by atoms with Gasteiger partial charge in [0.05, 0.1) is 12.1 Å². The van der Waals surface area contributed by atoms with Crippen LogP contribution in [0.4, 0.5) is 0 Å². The number of hydrogen-bond donors (Lipinski definition) is 4. The van der Waals surface area contributed by atoms with Crippen molar-refractivity contribution in [2.45, 2.75) is 83.3 Å². The molecule has 0 aromatic carbocycles. The number of Topliss-reactive ketones (excluding diaryl/α,β-unsaturated/α-hetero) is 2. The van der Waals surface area contributed by atoms with Crippen molar-refractivity contribution in [3.63, 3.8) is 0 Å². The Morgan fingerprint density at radius 3 is 2.21 bits per heavy atom. The average molecular weight is 482 g/mol. The lowest BCUT2D eigenvalue weighted by molar-refractivity contribution is -0.157. The van der Waals surface area contributed by atoms with E-state index in [1.807, 2.05) is 0 Å². The van der Waals surface area contributed by atoms with E-state index in [0.29, 0.717) is 17.9 Å². The second-order valence-corrected chi connectivity index (χ2v) is 9.14. The van der Waals surface area contributed by atoms with Crippen molar-refractivity contribution in [3.05, 3.63) is 0 Å². The van der Waals surface area contributed by atoms with E-state index in [1.165, 1.54) is 21.0 Å². The summed E-state index contributed by atoms with van der Waals surface area (Å²) in [5.41, 5.74) is 5.54. The zero-order valence-corrected chi connectivity index (χ0v) is 20.3. The number of ether oxygens (including phenoxy) is 1. The minimum Gasteiger partial charge on any atom is -0.373 e. The Morgan fingerprint density at radius 1 is 1.09 bits per heavy atom. The van der Waals surface area contributed by atoms with Crippen LogP contribution in [0.5, 0.6) is 0 Å². The summed E-state index contributed by atoms with van der Waals surface area (Å²) < 4.78 is 5.05. The molecule has 6 atom stereocenters. The number of rotatable bonds is 9. The molecule has 0 aromatic rings. The topological polar surface area (TPSA) is 177 Å². The molecule has 12 heteroatoms. The number of carbonyl (C=O) groups is 6. The fourth-order valence-corrected chi connectivity index (χ4v) is 4.00. The molecule has 2 rings (SSSR count). The molecular weight excluding hydrogens is 446 g/mol. The Balaban J connectivity index is 2.39. The van der Waals surface area contributed by atoms with Crippen molar-refractivity contribution in [2.75, 3.05) is 13.7 Å². The van der Waals surface area contributed by atoms with E-state index >= 15 is 0 Å². The van der Waals surface area contributed by atoms with Crippen LogP contribution in [0.1, 0.15) is 47.0 Å². The second kappa shape index (κ2) is 11.6. The molecule has 1 saturated carbocycles. The van der Waals surface area contributed by atoms with Gasteiger partial charge < -0.3 is 26.4 Å². The smallest absolute Gasteiger partial charge is 0.253 e. The van der Waals surface area contributed by atoms with Crippen LogP contribution in [0.15, 0.2) is 0 Å². The van der Waals surface area contributed by atoms with Gasteiger partial charge in [-0.3, -0.25) is 33.7 Å². The lowest BCUT2D eigenvalue weighted by atomic mass is 9.99. The van der Waals surface area contributed by atoms with E-state index < -0.39 is 77.4 Å². The van der Waals surface area contributed by atoms with Crippen molar-refractivity contribution >= 4 is 35.2 Å². The summed E-state index contributed by atoms with van der Waals surface area (Å²) in [6, 6.07) is -5.55. The molecule has 1 aliphatic heterocycles. The molecule has 1 saturated heterocycles. The van der Waals surface area contributed by atoms with Gasteiger partial charge in [-0.2, -0.15) is 0 Å². The molecule has 190 valence electrons. The predicted octanol–water partition coefficient (Wildman–Crippen LogP) is -1.99. The van der Waals surface area contributed by atoms with Gasteiger partial charge in [0.1, 0.15) is 18.2 Å². The van der Waals surface area contributed by atoms with E-state index in [2.05, 4.69) is 16.0 Å². The monoisotopic (exact) mass is 481 g/mol. The van der Waals surface area contributed by atoms with Crippen molar-refractivity contribution < 1.29 is 33.5 Å². The number of ketones is 2. The van der Waals surface area contributed by atoms with E-state index in [-0.39, 0.29) is 6.42 Å². The van der Waals surface area contributed by atoms with E-state index in [9.17, 15) is 28.8 Å². The molecular formula is C22H35N5O7. The molecule has 2 unspecified atom stereocenters. The zero-order chi connectivity index (χ0) is 25.7. The van der Waals surface area contributed by atoms with Gasteiger partial charge in [0.15, 0.2) is 17.6 Å². The van der Waals surface area contributed by atoms with Gasteiger partial charge in [-0.25, -0.2) is 0 Å². The second-order valence-electron chi connectivity index (χ2n) is 9.14. The number of nitrogens with two attached hydrogens (primary N) is 1. The van der Waals surface area contributed by atoms with Crippen LogP contribution in [0.3, 0.4) is 0 Å². The SMILES string of the molecule is COC1CC(=O)C(N(C(=O)[C@H](C)NC(=O)[C@H](C)N)C(=O)[C@@H](NC(=O)[C@@H]2CCCN2)C(C)C)C1=O. The van der Waals surface area contributed by atoms with Crippen molar-refractivity contribution in [3.8, 4) is 0 Å². The first-order chi connectivity index (χ1) is 15.9. The van der Waals surface area contributed by atoms with Crippen LogP contribution in [0.2, 0.25) is 0 Å². The lowest BCUT2D eigenvalue weighted by Gasteiger charge is -2.33. The van der Waals surface area contributed by atoms with Crippen molar-refractivity contribution in [1.82, 2.24) is 20.9 Å². The number of carbonyl (C=O) groups excluding carboxylic acids is 6. The minimum atomic E-state index is -1.71. The third-order valence-electron chi connectivity index (χ3n) is 6.05. The lowest BCUT2D eigenvalue weighted by Crippen LogP contribution is -2.63. The van der Waals surface area contributed by atoms with Crippen molar-refractivity contribution in [2.24, 2.45) is 11.7 Å². The van der Waals surface area contributed by atoms with Crippen LogP contribution < -0.4 is 21.7 Å². The average Bonchev–Trinajstić information content (AvgIpc) is 3.40. The van der Waals surface area contributed by atoms with Crippen LogP contribution >= 0.6 is 0 Å². The first-order valence-corrected chi connectivity index (χ1v) is 11.5. The number of nitrogens with one attached hydrogen (secondary N) is 3. The fraction of sp³-hybridized carbons (Fsp3) is 0.727. The quantitative estimate of drug-likeness (QED) is 0.272. The largest absolute Gasteiger partial charge is 0.373 e. The first kappa shape index (κ1) is 27.5. The number of amides is 4. The highest BCUT2D eigenvalue weighted by Gasteiger charge is 2.51. The minimum absolute atomic E-state index is 0.289. The molecule has 2 aliphatic rings. The van der Waals surface area contributed by atoms with Gasteiger partial charge in [-0.05, 0) is 39.2 Å². The van der Waals surface area contributed by atoms with E-state index in [0.717, 1.165) is 6.42 Å². The van der Waals surface area contributed by atoms with Crippen LogP contribution in [-0.2, 0) is 33.5 Å².